The second kappa shape index (κ2) is 8.55. The van der Waals surface area contributed by atoms with Gasteiger partial charge >= 0.3 is 0 Å². The van der Waals surface area contributed by atoms with Crippen LogP contribution in [-0.2, 0) is 14.8 Å². The first kappa shape index (κ1) is 20.5. The highest BCUT2D eigenvalue weighted by molar-refractivity contribution is 7.89. The van der Waals surface area contributed by atoms with Gasteiger partial charge in [-0.05, 0) is 35.9 Å². The van der Waals surface area contributed by atoms with E-state index in [0.717, 1.165) is 29.6 Å². The van der Waals surface area contributed by atoms with E-state index < -0.39 is 10.0 Å². The fourth-order valence-electron chi connectivity index (χ4n) is 3.60. The van der Waals surface area contributed by atoms with E-state index in [0.29, 0.717) is 18.6 Å². The maximum Gasteiger partial charge on any atom is 0.240 e. The van der Waals surface area contributed by atoms with E-state index in [1.54, 1.807) is 29.3 Å². The van der Waals surface area contributed by atoms with E-state index in [1.807, 2.05) is 0 Å². The molecule has 158 valence electrons. The molecule has 9 heteroatoms. The van der Waals surface area contributed by atoms with E-state index in [4.69, 9.17) is 0 Å². The van der Waals surface area contributed by atoms with Gasteiger partial charge in [0.2, 0.25) is 15.9 Å². The maximum atomic E-state index is 13.4. The Morgan fingerprint density at radius 3 is 2.57 bits per heavy atom. The molecule has 0 bridgehead atoms. The number of piperazine rings is 1. The smallest absolute Gasteiger partial charge is 0.240 e. The second-order valence-corrected chi connectivity index (χ2v) is 8.96. The van der Waals surface area contributed by atoms with Gasteiger partial charge in [0.05, 0.1) is 4.90 Å². The van der Waals surface area contributed by atoms with Gasteiger partial charge in [0.15, 0.2) is 0 Å². The Morgan fingerprint density at radius 1 is 1.10 bits per heavy atom. The predicted octanol–water partition coefficient (Wildman–Crippen LogP) is 2.07. The standard InChI is InChI=1S/C21H23FN4O3S/c22-16-3-6-18-19(14-24-20(18)13-16)15-1-4-17(5-2-15)30(28,29)25-8-7-21(27)26-11-9-23-10-12-26/h1-6,13-14,23-25H,7-12H2. The van der Waals surface area contributed by atoms with Crippen molar-refractivity contribution in [2.75, 3.05) is 32.7 Å². The van der Waals surface area contributed by atoms with Crippen LogP contribution in [0.25, 0.3) is 22.0 Å². The molecule has 4 rings (SSSR count). The first-order valence-electron chi connectivity index (χ1n) is 9.79. The summed E-state index contributed by atoms with van der Waals surface area (Å²) >= 11 is 0. The average molecular weight is 431 g/mol. The summed E-state index contributed by atoms with van der Waals surface area (Å²) < 4.78 is 41.0. The minimum absolute atomic E-state index is 0.0506. The molecule has 1 aliphatic heterocycles. The fraction of sp³-hybridized carbons (Fsp3) is 0.286. The van der Waals surface area contributed by atoms with Crippen molar-refractivity contribution in [1.82, 2.24) is 19.9 Å². The van der Waals surface area contributed by atoms with Crippen LogP contribution in [0.15, 0.2) is 53.6 Å². The van der Waals surface area contributed by atoms with Gasteiger partial charge in [0, 0.05) is 61.8 Å². The lowest BCUT2D eigenvalue weighted by Crippen LogP contribution is -2.47. The summed E-state index contributed by atoms with van der Waals surface area (Å²) in [6.45, 7) is 2.87. The summed E-state index contributed by atoms with van der Waals surface area (Å²) in [5, 5.41) is 4.03. The molecule has 1 aromatic heterocycles. The van der Waals surface area contributed by atoms with E-state index in [9.17, 15) is 17.6 Å². The van der Waals surface area contributed by atoms with Crippen LogP contribution >= 0.6 is 0 Å². The summed E-state index contributed by atoms with van der Waals surface area (Å²) in [5.41, 5.74) is 2.36. The largest absolute Gasteiger partial charge is 0.360 e. The molecule has 0 saturated carbocycles. The number of carbonyl (C=O) groups excluding carboxylic acids is 1. The third-order valence-electron chi connectivity index (χ3n) is 5.22. The lowest BCUT2D eigenvalue weighted by Gasteiger charge is -2.27. The lowest BCUT2D eigenvalue weighted by molar-refractivity contribution is -0.131. The van der Waals surface area contributed by atoms with Gasteiger partial charge in [-0.2, -0.15) is 0 Å². The number of aromatic nitrogens is 1. The van der Waals surface area contributed by atoms with Crippen molar-refractivity contribution < 1.29 is 17.6 Å². The molecule has 0 unspecified atom stereocenters. The molecule has 0 radical (unpaired) electrons. The minimum Gasteiger partial charge on any atom is -0.360 e. The van der Waals surface area contributed by atoms with E-state index in [-0.39, 0.29) is 29.6 Å². The van der Waals surface area contributed by atoms with Gasteiger partial charge in [-0.25, -0.2) is 17.5 Å². The molecule has 2 heterocycles. The van der Waals surface area contributed by atoms with Crippen LogP contribution < -0.4 is 10.0 Å². The minimum atomic E-state index is -3.71. The van der Waals surface area contributed by atoms with Crippen molar-refractivity contribution in [3.63, 3.8) is 0 Å². The Labute approximate surface area is 174 Å². The van der Waals surface area contributed by atoms with Crippen LogP contribution in [0, 0.1) is 5.82 Å². The molecule has 2 aromatic carbocycles. The Hall–Kier alpha value is -2.75. The topological polar surface area (TPSA) is 94.3 Å². The number of aromatic amines is 1. The van der Waals surface area contributed by atoms with Crippen molar-refractivity contribution in [3.8, 4) is 11.1 Å². The van der Waals surface area contributed by atoms with Gasteiger partial charge < -0.3 is 15.2 Å². The summed E-state index contributed by atoms with van der Waals surface area (Å²) in [5.74, 6) is -0.371. The van der Waals surface area contributed by atoms with Crippen molar-refractivity contribution in [2.45, 2.75) is 11.3 Å². The highest BCUT2D eigenvalue weighted by Crippen LogP contribution is 2.29. The van der Waals surface area contributed by atoms with Crippen LogP contribution in [0.2, 0.25) is 0 Å². The molecule has 3 aromatic rings. The second-order valence-electron chi connectivity index (χ2n) is 7.20. The highest BCUT2D eigenvalue weighted by atomic mass is 32.2. The van der Waals surface area contributed by atoms with Crippen LogP contribution in [0.1, 0.15) is 6.42 Å². The summed E-state index contributed by atoms with van der Waals surface area (Å²) in [7, 11) is -3.71. The normalized spacial score (nSPS) is 14.9. The zero-order valence-corrected chi connectivity index (χ0v) is 17.1. The molecule has 1 amide bonds. The third kappa shape index (κ3) is 4.38. The summed E-state index contributed by atoms with van der Waals surface area (Å²) in [6, 6.07) is 11.0. The number of fused-ring (bicyclic) bond motifs is 1. The molecule has 1 fully saturated rings. The molecule has 1 aliphatic rings. The molecular formula is C21H23FN4O3S. The van der Waals surface area contributed by atoms with Crippen molar-refractivity contribution in [1.29, 1.82) is 0 Å². The number of hydrogen-bond donors (Lipinski definition) is 3. The Kier molecular flexibility index (Phi) is 5.85. The number of H-pyrrole nitrogens is 1. The quantitative estimate of drug-likeness (QED) is 0.558. The van der Waals surface area contributed by atoms with E-state index in [2.05, 4.69) is 15.0 Å². The molecular weight excluding hydrogens is 407 g/mol. The molecule has 0 aliphatic carbocycles. The molecule has 0 atom stereocenters. The number of benzene rings is 2. The van der Waals surface area contributed by atoms with E-state index in [1.165, 1.54) is 24.3 Å². The Morgan fingerprint density at radius 2 is 1.83 bits per heavy atom. The first-order valence-corrected chi connectivity index (χ1v) is 11.3. The van der Waals surface area contributed by atoms with Gasteiger partial charge in [-0.1, -0.05) is 12.1 Å². The van der Waals surface area contributed by atoms with Crippen LogP contribution in [0.5, 0.6) is 0 Å². The number of carbonyl (C=O) groups is 1. The van der Waals surface area contributed by atoms with Crippen LogP contribution in [0.4, 0.5) is 4.39 Å². The predicted molar refractivity (Wildman–Crippen MR) is 113 cm³/mol. The molecule has 7 nitrogen and oxygen atoms in total. The maximum absolute atomic E-state index is 13.4. The van der Waals surface area contributed by atoms with Crippen molar-refractivity contribution in [3.05, 3.63) is 54.5 Å². The van der Waals surface area contributed by atoms with Crippen LogP contribution in [0.3, 0.4) is 0 Å². The average Bonchev–Trinajstić information content (AvgIpc) is 3.17. The van der Waals surface area contributed by atoms with Crippen molar-refractivity contribution >= 4 is 26.8 Å². The SMILES string of the molecule is O=C(CCNS(=O)(=O)c1ccc(-c2c[nH]c3cc(F)ccc23)cc1)N1CCNCC1. The number of amides is 1. The number of hydrogen-bond acceptors (Lipinski definition) is 4. The number of halogens is 1. The monoisotopic (exact) mass is 430 g/mol. The Bertz CT molecular complexity index is 1150. The fourth-order valence-corrected chi connectivity index (χ4v) is 4.63. The molecule has 30 heavy (non-hydrogen) atoms. The summed E-state index contributed by atoms with van der Waals surface area (Å²) in [6.07, 6.45) is 1.90. The zero-order valence-electron chi connectivity index (χ0n) is 16.3. The highest BCUT2D eigenvalue weighted by Gasteiger charge is 2.18. The number of nitrogens with zero attached hydrogens (tertiary/aromatic N) is 1. The molecule has 1 saturated heterocycles. The lowest BCUT2D eigenvalue weighted by atomic mass is 10.1. The number of nitrogens with one attached hydrogen (secondary N) is 3. The van der Waals surface area contributed by atoms with Crippen LogP contribution in [-0.4, -0.2) is 56.9 Å². The van der Waals surface area contributed by atoms with Gasteiger partial charge in [0.25, 0.3) is 0 Å². The third-order valence-corrected chi connectivity index (χ3v) is 6.70. The number of sulfonamides is 1. The Balaban J connectivity index is 1.41. The first-order chi connectivity index (χ1) is 14.4. The van der Waals surface area contributed by atoms with Gasteiger partial charge in [-0.3, -0.25) is 4.79 Å². The van der Waals surface area contributed by atoms with E-state index >= 15 is 0 Å². The van der Waals surface area contributed by atoms with Gasteiger partial charge in [0.1, 0.15) is 5.82 Å². The summed E-state index contributed by atoms with van der Waals surface area (Å²) in [4.78, 5) is 17.1. The molecule has 3 N–H and O–H groups in total. The zero-order chi connectivity index (χ0) is 21.1. The van der Waals surface area contributed by atoms with Crippen molar-refractivity contribution in [2.24, 2.45) is 0 Å². The molecule has 0 spiro atoms. The van der Waals surface area contributed by atoms with Gasteiger partial charge in [-0.15, -0.1) is 0 Å². The number of rotatable bonds is 6.